The number of hydrogen-bond donors (Lipinski definition) is 11. The zero-order valence-corrected chi connectivity index (χ0v) is 22.3. The lowest BCUT2D eigenvalue weighted by Gasteiger charge is -2.26. The summed E-state index contributed by atoms with van der Waals surface area (Å²) in [6.45, 7) is 2.02. The predicted octanol–water partition coefficient (Wildman–Crippen LogP) is -4.53. The van der Waals surface area contributed by atoms with Gasteiger partial charge in [0.1, 0.15) is 18.1 Å². The number of unbranched alkanes of at least 4 members (excludes halogenated alkanes) is 1. The van der Waals surface area contributed by atoms with Crippen molar-refractivity contribution < 1.29 is 29.4 Å². The van der Waals surface area contributed by atoms with Gasteiger partial charge in [-0.15, -0.1) is 0 Å². The quantitative estimate of drug-likeness (QED) is 0.0381. The Morgan fingerprint density at radius 2 is 1.26 bits per heavy atom. The van der Waals surface area contributed by atoms with Gasteiger partial charge in [0.2, 0.25) is 17.7 Å². The summed E-state index contributed by atoms with van der Waals surface area (Å²) in [5.41, 5.74) is 32.4. The number of nitrogens with zero attached hydrogens (tertiary/aromatic N) is 2. The SMILES string of the molecule is CC(O)C(NC(=O)C(N)CCCCN)C(=O)NC(CCCN=C(N)N)C(=O)NC(CCCN=C(N)N)C(=O)O. The first-order valence-electron chi connectivity index (χ1n) is 12.7. The van der Waals surface area contributed by atoms with Gasteiger partial charge in [-0.25, -0.2) is 4.79 Å². The second-order valence-electron chi connectivity index (χ2n) is 8.98. The monoisotopic (exact) mass is 559 g/mol. The van der Waals surface area contributed by atoms with Gasteiger partial charge in [-0.05, 0) is 52.0 Å². The second-order valence-corrected chi connectivity index (χ2v) is 8.98. The predicted molar refractivity (Wildman–Crippen MR) is 146 cm³/mol. The molecule has 0 aromatic heterocycles. The molecule has 0 rings (SSSR count). The highest BCUT2D eigenvalue weighted by Crippen LogP contribution is 2.06. The summed E-state index contributed by atoms with van der Waals surface area (Å²) in [6.07, 6.45) is 0.808. The van der Waals surface area contributed by atoms with E-state index in [0.29, 0.717) is 25.8 Å². The molecule has 0 radical (unpaired) electrons. The van der Waals surface area contributed by atoms with Crippen molar-refractivity contribution >= 4 is 35.6 Å². The summed E-state index contributed by atoms with van der Waals surface area (Å²) in [6, 6.07) is -4.88. The van der Waals surface area contributed by atoms with Gasteiger partial charge in [0.15, 0.2) is 11.9 Å². The number of nitrogens with one attached hydrogen (secondary N) is 3. The number of carboxylic acid groups (broad SMARTS) is 1. The molecule has 0 heterocycles. The fraction of sp³-hybridized carbons (Fsp3) is 0.727. The van der Waals surface area contributed by atoms with Gasteiger partial charge < -0.3 is 60.6 Å². The number of rotatable bonds is 20. The number of carboxylic acids is 1. The molecule has 0 aliphatic rings. The highest BCUT2D eigenvalue weighted by Gasteiger charge is 2.32. The highest BCUT2D eigenvalue weighted by molar-refractivity contribution is 5.94. The molecule has 17 N–H and O–H groups in total. The number of aliphatic hydroxyl groups excluding tert-OH is 1. The number of amides is 3. The molecule has 224 valence electrons. The fourth-order valence-corrected chi connectivity index (χ4v) is 3.37. The van der Waals surface area contributed by atoms with Gasteiger partial charge >= 0.3 is 5.97 Å². The van der Waals surface area contributed by atoms with Crippen LogP contribution >= 0.6 is 0 Å². The van der Waals surface area contributed by atoms with Crippen LogP contribution in [0.4, 0.5) is 0 Å². The lowest BCUT2D eigenvalue weighted by Crippen LogP contribution is -2.59. The molecule has 39 heavy (non-hydrogen) atoms. The Labute approximate surface area is 227 Å². The molecule has 0 saturated heterocycles. The van der Waals surface area contributed by atoms with Gasteiger partial charge in [-0.3, -0.25) is 24.4 Å². The summed E-state index contributed by atoms with van der Waals surface area (Å²) in [5, 5.41) is 26.9. The number of aliphatic imine (C=N–C) groups is 2. The smallest absolute Gasteiger partial charge is 0.326 e. The van der Waals surface area contributed by atoms with E-state index in [0.717, 1.165) is 0 Å². The van der Waals surface area contributed by atoms with Gasteiger partial charge in [0, 0.05) is 13.1 Å². The number of carbonyl (C=O) groups is 4. The number of nitrogens with two attached hydrogens (primary N) is 6. The topological polar surface area (TPSA) is 326 Å². The van der Waals surface area contributed by atoms with Gasteiger partial charge in [-0.1, -0.05) is 6.42 Å². The molecule has 17 nitrogen and oxygen atoms in total. The van der Waals surface area contributed by atoms with Crippen LogP contribution in [-0.2, 0) is 19.2 Å². The van der Waals surface area contributed by atoms with E-state index >= 15 is 0 Å². The zero-order chi connectivity index (χ0) is 30.0. The molecule has 0 fully saturated rings. The molecule has 5 atom stereocenters. The van der Waals surface area contributed by atoms with Crippen LogP contribution in [0.2, 0.25) is 0 Å². The molecule has 5 unspecified atom stereocenters. The number of aliphatic carboxylic acids is 1. The van der Waals surface area contributed by atoms with Crippen molar-refractivity contribution in [2.45, 2.75) is 82.1 Å². The van der Waals surface area contributed by atoms with Crippen molar-refractivity contribution in [3.63, 3.8) is 0 Å². The van der Waals surface area contributed by atoms with Crippen LogP contribution in [0.15, 0.2) is 9.98 Å². The van der Waals surface area contributed by atoms with Gasteiger partial charge in [-0.2, -0.15) is 0 Å². The number of hydrogen-bond acceptors (Lipinski definition) is 9. The first-order chi connectivity index (χ1) is 18.3. The van der Waals surface area contributed by atoms with Crippen LogP contribution in [0.3, 0.4) is 0 Å². The third-order valence-electron chi connectivity index (χ3n) is 5.51. The molecule has 0 aromatic rings. The normalized spacial score (nSPS) is 14.6. The molecule has 0 aromatic carbocycles. The summed E-state index contributed by atoms with van der Waals surface area (Å²) in [7, 11) is 0. The van der Waals surface area contributed by atoms with Crippen LogP contribution < -0.4 is 50.4 Å². The average Bonchev–Trinajstić information content (AvgIpc) is 2.85. The molecule has 17 heteroatoms. The molecule has 0 aliphatic heterocycles. The van der Waals surface area contributed by atoms with Crippen LogP contribution in [0, 0.1) is 0 Å². The minimum absolute atomic E-state index is 0.0148. The molecule has 0 aliphatic carbocycles. The summed E-state index contributed by atoms with van der Waals surface area (Å²) >= 11 is 0. The van der Waals surface area contributed by atoms with Gasteiger partial charge in [0.05, 0.1) is 12.1 Å². The van der Waals surface area contributed by atoms with E-state index in [1.54, 1.807) is 0 Å². The number of carbonyl (C=O) groups excluding carboxylic acids is 3. The third kappa shape index (κ3) is 16.0. The first kappa shape index (κ1) is 35.3. The van der Waals surface area contributed by atoms with E-state index in [1.165, 1.54) is 6.92 Å². The summed E-state index contributed by atoms with van der Waals surface area (Å²) < 4.78 is 0. The van der Waals surface area contributed by atoms with E-state index in [2.05, 4.69) is 25.9 Å². The Morgan fingerprint density at radius 1 is 0.744 bits per heavy atom. The van der Waals surface area contributed by atoms with E-state index in [1.807, 2.05) is 0 Å². The maximum atomic E-state index is 13.0. The molecule has 3 amide bonds. The van der Waals surface area contributed by atoms with Crippen molar-refractivity contribution in [3.05, 3.63) is 0 Å². The van der Waals surface area contributed by atoms with Gasteiger partial charge in [0.25, 0.3) is 0 Å². The Hall–Kier alpha value is -3.70. The maximum Gasteiger partial charge on any atom is 0.326 e. The minimum Gasteiger partial charge on any atom is -0.480 e. The second kappa shape index (κ2) is 19.4. The molecular weight excluding hydrogens is 514 g/mol. The Morgan fingerprint density at radius 3 is 1.72 bits per heavy atom. The molecular formula is C22H45N11O6. The molecule has 0 spiro atoms. The van der Waals surface area contributed by atoms with Crippen LogP contribution in [0.25, 0.3) is 0 Å². The molecule has 0 bridgehead atoms. The third-order valence-corrected chi connectivity index (χ3v) is 5.51. The van der Waals surface area contributed by atoms with Crippen molar-refractivity contribution in [2.75, 3.05) is 19.6 Å². The summed E-state index contributed by atoms with van der Waals surface area (Å²) in [5.74, 6) is -3.92. The molecule has 0 saturated carbocycles. The maximum absolute atomic E-state index is 13.0. The largest absolute Gasteiger partial charge is 0.480 e. The Kier molecular flexibility index (Phi) is 17.5. The number of aliphatic hydroxyl groups is 1. The van der Waals surface area contributed by atoms with E-state index in [9.17, 15) is 29.4 Å². The Balaban J connectivity index is 5.52. The lowest BCUT2D eigenvalue weighted by molar-refractivity contribution is -0.142. The zero-order valence-electron chi connectivity index (χ0n) is 22.3. The Bertz CT molecular complexity index is 844. The summed E-state index contributed by atoms with van der Waals surface area (Å²) in [4.78, 5) is 57.8. The number of guanidine groups is 2. The highest BCUT2D eigenvalue weighted by atomic mass is 16.4. The van der Waals surface area contributed by atoms with Crippen molar-refractivity contribution in [1.29, 1.82) is 0 Å². The van der Waals surface area contributed by atoms with Crippen LogP contribution in [0.5, 0.6) is 0 Å². The van der Waals surface area contributed by atoms with Crippen molar-refractivity contribution in [1.82, 2.24) is 16.0 Å². The van der Waals surface area contributed by atoms with E-state index < -0.39 is 54.0 Å². The van der Waals surface area contributed by atoms with Crippen LogP contribution in [0.1, 0.15) is 51.9 Å². The standard InChI is InChI=1S/C22H45N11O6/c1-12(34)16(33-17(35)13(24)6-2-3-9-23)19(37)31-14(7-4-10-29-21(25)26)18(36)32-15(20(38)39)8-5-11-30-22(27)28/h12-16,34H,2-11,23-24H2,1H3,(H,31,37)(H,32,36)(H,33,35)(H,38,39)(H4,25,26,29)(H4,27,28,30). The average molecular weight is 560 g/mol. The van der Waals surface area contributed by atoms with E-state index in [4.69, 9.17) is 34.4 Å². The van der Waals surface area contributed by atoms with E-state index in [-0.39, 0.29) is 50.7 Å². The minimum atomic E-state index is -1.43. The van der Waals surface area contributed by atoms with Crippen molar-refractivity contribution in [2.24, 2.45) is 44.4 Å². The lowest BCUT2D eigenvalue weighted by atomic mass is 10.1. The van der Waals surface area contributed by atoms with Crippen molar-refractivity contribution in [3.8, 4) is 0 Å². The fourth-order valence-electron chi connectivity index (χ4n) is 3.37. The first-order valence-corrected chi connectivity index (χ1v) is 12.7. The van der Waals surface area contributed by atoms with Crippen LogP contribution in [-0.4, -0.2) is 95.7 Å².